The number of nitrogens with zero attached hydrogens (tertiary/aromatic N) is 2. The fourth-order valence-corrected chi connectivity index (χ4v) is 4.30. The summed E-state index contributed by atoms with van der Waals surface area (Å²) in [4.78, 5) is 5.28. The summed E-state index contributed by atoms with van der Waals surface area (Å²) in [5, 5.41) is 3.59. The van der Waals surface area contributed by atoms with Crippen LogP contribution in [0.2, 0.25) is 0 Å². The van der Waals surface area contributed by atoms with Gasteiger partial charge in [0.1, 0.15) is 0 Å². The molecule has 19 heavy (non-hydrogen) atoms. The Hall–Kier alpha value is -0.120. The van der Waals surface area contributed by atoms with E-state index in [-0.39, 0.29) is 0 Å². The molecule has 2 aliphatic rings. The Labute approximate surface area is 119 Å². The summed E-state index contributed by atoms with van der Waals surface area (Å²) >= 11 is 0. The SMILES string of the molecule is CCN1CCC(N(C)C2CCC(C)(C)C2NC)CC1. The van der Waals surface area contributed by atoms with Gasteiger partial charge in [-0.3, -0.25) is 4.90 Å². The van der Waals surface area contributed by atoms with Crippen molar-refractivity contribution in [3.63, 3.8) is 0 Å². The third kappa shape index (κ3) is 3.14. The molecule has 1 N–H and O–H groups in total. The summed E-state index contributed by atoms with van der Waals surface area (Å²) in [5.41, 5.74) is 0.442. The molecule has 0 amide bonds. The molecule has 0 bridgehead atoms. The lowest BCUT2D eigenvalue weighted by Crippen LogP contribution is -2.54. The van der Waals surface area contributed by atoms with E-state index in [1.807, 2.05) is 0 Å². The average Bonchev–Trinajstić information content (AvgIpc) is 2.72. The number of likely N-dealkylation sites (N-methyl/N-ethyl adjacent to an activating group) is 2. The van der Waals surface area contributed by atoms with E-state index in [1.165, 1.54) is 45.3 Å². The summed E-state index contributed by atoms with van der Waals surface area (Å²) in [5.74, 6) is 0. The second-order valence-electron chi connectivity index (χ2n) is 7.19. The second-order valence-corrected chi connectivity index (χ2v) is 7.19. The maximum absolute atomic E-state index is 3.59. The van der Waals surface area contributed by atoms with Gasteiger partial charge < -0.3 is 10.2 Å². The molecule has 2 atom stereocenters. The van der Waals surface area contributed by atoms with Gasteiger partial charge in [-0.25, -0.2) is 0 Å². The van der Waals surface area contributed by atoms with Crippen molar-refractivity contribution in [1.29, 1.82) is 0 Å². The number of rotatable bonds is 4. The molecule has 2 fully saturated rings. The predicted octanol–water partition coefficient (Wildman–Crippen LogP) is 2.18. The predicted molar refractivity (Wildman–Crippen MR) is 82.5 cm³/mol. The molecule has 0 aromatic carbocycles. The van der Waals surface area contributed by atoms with E-state index in [1.54, 1.807) is 0 Å². The van der Waals surface area contributed by atoms with Crippen molar-refractivity contribution in [2.45, 2.75) is 64.6 Å². The smallest absolute Gasteiger partial charge is 0.0271 e. The Morgan fingerprint density at radius 2 is 1.84 bits per heavy atom. The van der Waals surface area contributed by atoms with Gasteiger partial charge in [0, 0.05) is 18.1 Å². The first kappa shape index (κ1) is 15.3. The molecular formula is C16H33N3. The van der Waals surface area contributed by atoms with Crippen LogP contribution in [0.1, 0.15) is 46.5 Å². The summed E-state index contributed by atoms with van der Waals surface area (Å²) in [6, 6.07) is 2.15. The Kier molecular flexibility index (Phi) is 4.91. The molecule has 3 nitrogen and oxygen atoms in total. The van der Waals surface area contributed by atoms with Gasteiger partial charge in [-0.2, -0.15) is 0 Å². The molecule has 1 aliphatic carbocycles. The van der Waals surface area contributed by atoms with Gasteiger partial charge >= 0.3 is 0 Å². The number of likely N-dealkylation sites (tertiary alicyclic amines) is 1. The first-order valence-corrected chi connectivity index (χ1v) is 8.11. The number of hydrogen-bond donors (Lipinski definition) is 1. The standard InChI is InChI=1S/C16H33N3/c1-6-19-11-8-13(9-12-19)18(5)14-7-10-16(2,3)15(14)17-4/h13-15,17H,6-12H2,1-5H3. The summed E-state index contributed by atoms with van der Waals surface area (Å²) in [7, 11) is 4.50. The molecule has 0 aromatic heterocycles. The van der Waals surface area contributed by atoms with Crippen LogP contribution in [0.4, 0.5) is 0 Å². The topological polar surface area (TPSA) is 18.5 Å². The third-order valence-corrected chi connectivity index (χ3v) is 5.73. The fraction of sp³-hybridized carbons (Fsp3) is 1.00. The molecule has 1 saturated carbocycles. The minimum absolute atomic E-state index is 0.442. The first-order valence-electron chi connectivity index (χ1n) is 8.11. The van der Waals surface area contributed by atoms with Gasteiger partial charge in [0.2, 0.25) is 0 Å². The molecule has 2 unspecified atom stereocenters. The van der Waals surface area contributed by atoms with Crippen molar-refractivity contribution in [1.82, 2.24) is 15.1 Å². The zero-order valence-electron chi connectivity index (χ0n) is 13.6. The van der Waals surface area contributed by atoms with Gasteiger partial charge in [0.05, 0.1) is 0 Å². The minimum Gasteiger partial charge on any atom is -0.315 e. The van der Waals surface area contributed by atoms with Gasteiger partial charge in [0.15, 0.2) is 0 Å². The molecule has 3 heteroatoms. The highest BCUT2D eigenvalue weighted by Gasteiger charge is 2.44. The van der Waals surface area contributed by atoms with E-state index in [2.05, 4.69) is 50.0 Å². The van der Waals surface area contributed by atoms with Crippen LogP contribution in [0.25, 0.3) is 0 Å². The molecule has 0 spiro atoms. The minimum atomic E-state index is 0.442. The molecule has 112 valence electrons. The normalized spacial score (nSPS) is 33.2. The van der Waals surface area contributed by atoms with Crippen LogP contribution < -0.4 is 5.32 Å². The van der Waals surface area contributed by atoms with Crippen LogP contribution >= 0.6 is 0 Å². The lowest BCUT2D eigenvalue weighted by Gasteiger charge is -2.42. The number of nitrogens with one attached hydrogen (secondary N) is 1. The summed E-state index contributed by atoms with van der Waals surface area (Å²) < 4.78 is 0. The van der Waals surface area contributed by atoms with Crippen LogP contribution in [0.15, 0.2) is 0 Å². The molecular weight excluding hydrogens is 234 g/mol. The monoisotopic (exact) mass is 267 g/mol. The van der Waals surface area contributed by atoms with Gasteiger partial charge in [-0.1, -0.05) is 20.8 Å². The van der Waals surface area contributed by atoms with E-state index >= 15 is 0 Å². The van der Waals surface area contributed by atoms with Crippen LogP contribution in [-0.4, -0.2) is 61.7 Å². The number of hydrogen-bond acceptors (Lipinski definition) is 3. The molecule has 1 aliphatic heterocycles. The maximum atomic E-state index is 3.59. The van der Waals surface area contributed by atoms with Crippen molar-refractivity contribution >= 4 is 0 Å². The Morgan fingerprint density at radius 3 is 2.37 bits per heavy atom. The van der Waals surface area contributed by atoms with Crippen molar-refractivity contribution in [2.75, 3.05) is 33.7 Å². The quantitative estimate of drug-likeness (QED) is 0.842. The third-order valence-electron chi connectivity index (χ3n) is 5.73. The lowest BCUT2D eigenvalue weighted by atomic mass is 9.86. The fourth-order valence-electron chi connectivity index (χ4n) is 4.30. The maximum Gasteiger partial charge on any atom is 0.0271 e. The first-order chi connectivity index (χ1) is 8.99. The van der Waals surface area contributed by atoms with Crippen LogP contribution in [-0.2, 0) is 0 Å². The van der Waals surface area contributed by atoms with Crippen LogP contribution in [0.3, 0.4) is 0 Å². The largest absolute Gasteiger partial charge is 0.315 e. The van der Waals surface area contributed by atoms with Gasteiger partial charge in [0.25, 0.3) is 0 Å². The van der Waals surface area contributed by atoms with E-state index in [0.29, 0.717) is 11.5 Å². The Bertz CT molecular complexity index is 282. The Morgan fingerprint density at radius 1 is 1.21 bits per heavy atom. The van der Waals surface area contributed by atoms with Gasteiger partial charge in [-0.05, 0) is 64.8 Å². The van der Waals surface area contributed by atoms with E-state index < -0.39 is 0 Å². The molecule has 0 aromatic rings. The van der Waals surface area contributed by atoms with Crippen molar-refractivity contribution in [2.24, 2.45) is 5.41 Å². The second kappa shape index (κ2) is 6.11. The van der Waals surface area contributed by atoms with E-state index in [4.69, 9.17) is 0 Å². The van der Waals surface area contributed by atoms with Crippen molar-refractivity contribution < 1.29 is 0 Å². The number of piperidine rings is 1. The van der Waals surface area contributed by atoms with Crippen molar-refractivity contribution in [3.8, 4) is 0 Å². The average molecular weight is 267 g/mol. The van der Waals surface area contributed by atoms with E-state index in [0.717, 1.165) is 12.1 Å². The summed E-state index contributed by atoms with van der Waals surface area (Å²) in [6.07, 6.45) is 5.39. The molecule has 2 rings (SSSR count). The molecule has 1 saturated heterocycles. The lowest BCUT2D eigenvalue weighted by molar-refractivity contribution is 0.0810. The highest BCUT2D eigenvalue weighted by molar-refractivity contribution is 5.01. The highest BCUT2D eigenvalue weighted by atomic mass is 15.2. The van der Waals surface area contributed by atoms with Crippen molar-refractivity contribution in [3.05, 3.63) is 0 Å². The zero-order chi connectivity index (χ0) is 14.0. The molecule has 1 heterocycles. The van der Waals surface area contributed by atoms with Crippen LogP contribution in [0, 0.1) is 5.41 Å². The summed E-state index contributed by atoms with van der Waals surface area (Å²) in [6.45, 7) is 10.9. The Balaban J connectivity index is 1.95. The zero-order valence-corrected chi connectivity index (χ0v) is 13.6. The van der Waals surface area contributed by atoms with Gasteiger partial charge in [-0.15, -0.1) is 0 Å². The van der Waals surface area contributed by atoms with E-state index in [9.17, 15) is 0 Å². The molecule has 0 radical (unpaired) electrons. The highest BCUT2D eigenvalue weighted by Crippen LogP contribution is 2.40. The van der Waals surface area contributed by atoms with Crippen LogP contribution in [0.5, 0.6) is 0 Å².